The van der Waals surface area contributed by atoms with Crippen LogP contribution < -0.4 is 9.80 Å². The Labute approximate surface area is 208 Å². The summed E-state index contributed by atoms with van der Waals surface area (Å²) in [5.41, 5.74) is 1.41. The molecule has 1 aromatic heterocycles. The largest absolute Gasteiger partial charge is 0.354 e. The fourth-order valence-corrected chi connectivity index (χ4v) is 4.15. The van der Waals surface area contributed by atoms with Crippen LogP contribution in [0.15, 0.2) is 42.6 Å². The topological polar surface area (TPSA) is 60.0 Å². The summed E-state index contributed by atoms with van der Waals surface area (Å²) in [6.45, 7) is 12.3. The molecule has 4 rings (SSSR count). The lowest BCUT2D eigenvalue weighted by Gasteiger charge is -2.33. The zero-order chi connectivity index (χ0) is 25.4. The second-order valence-electron chi connectivity index (χ2n) is 10.3. The van der Waals surface area contributed by atoms with Gasteiger partial charge < -0.3 is 19.6 Å². The van der Waals surface area contributed by atoms with Crippen molar-refractivity contribution in [2.45, 2.75) is 40.2 Å². The molecule has 0 atom stereocenters. The molecule has 2 aliphatic heterocycles. The first-order valence-corrected chi connectivity index (χ1v) is 12.3. The second kappa shape index (κ2) is 12.1. The van der Waals surface area contributed by atoms with E-state index in [0.717, 1.165) is 57.1 Å². The van der Waals surface area contributed by atoms with Crippen LogP contribution in [-0.4, -0.2) is 73.4 Å². The number of carbonyl (C=O) groups excluding carboxylic acids is 2. The van der Waals surface area contributed by atoms with E-state index in [9.17, 15) is 14.0 Å². The number of nitrogens with zero attached hydrogens (tertiary/aromatic N) is 5. The summed E-state index contributed by atoms with van der Waals surface area (Å²) in [4.78, 5) is 35.5. The maximum Gasteiger partial charge on any atom is 0.227 e. The zero-order valence-electron chi connectivity index (χ0n) is 21.4. The Hall–Kier alpha value is -3.00. The van der Waals surface area contributed by atoms with Crippen molar-refractivity contribution in [3.8, 4) is 0 Å². The van der Waals surface area contributed by atoms with E-state index in [0.29, 0.717) is 18.1 Å². The van der Waals surface area contributed by atoms with Gasteiger partial charge in [-0.15, -0.1) is 0 Å². The molecule has 2 aliphatic rings. The number of aromatic nitrogens is 1. The van der Waals surface area contributed by atoms with Crippen molar-refractivity contribution in [1.82, 2.24) is 14.8 Å². The van der Waals surface area contributed by atoms with E-state index in [1.165, 1.54) is 29.9 Å². The summed E-state index contributed by atoms with van der Waals surface area (Å²) in [7, 11) is 2.12. The molecule has 1 aromatic carbocycles. The molecule has 0 spiro atoms. The number of carbonyl (C=O) groups is 2. The van der Waals surface area contributed by atoms with Gasteiger partial charge in [-0.3, -0.25) is 9.59 Å². The average molecular weight is 484 g/mol. The van der Waals surface area contributed by atoms with E-state index in [1.54, 1.807) is 18.3 Å². The van der Waals surface area contributed by atoms with Crippen LogP contribution >= 0.6 is 0 Å². The highest BCUT2D eigenvalue weighted by atomic mass is 19.1. The molecular formula is C27H38FN5O2. The number of anilines is 2. The molecule has 0 radical (unpaired) electrons. The van der Waals surface area contributed by atoms with E-state index >= 15 is 0 Å². The number of likely N-dealkylation sites (N-methyl/N-ethyl adjacent to an activating group) is 1. The van der Waals surface area contributed by atoms with Gasteiger partial charge >= 0.3 is 0 Å². The second-order valence-corrected chi connectivity index (χ2v) is 10.3. The third-order valence-electron chi connectivity index (χ3n) is 6.31. The van der Waals surface area contributed by atoms with Crippen LogP contribution in [0.4, 0.5) is 15.9 Å². The number of likely N-dealkylation sites (tertiary alicyclic amines) is 1. The Bertz CT molecular complexity index is 945. The van der Waals surface area contributed by atoms with Crippen LogP contribution in [0.1, 0.15) is 39.2 Å². The summed E-state index contributed by atoms with van der Waals surface area (Å²) < 4.78 is 13.0. The van der Waals surface area contributed by atoms with Gasteiger partial charge in [0.2, 0.25) is 12.3 Å². The SMILES string of the molecule is CC(C)(C)C(=O)N1CCCC1.CN1CCN(c2ccc(CN(C=O)c3ccc(F)cc3)cn2)CC1. The standard InChI is InChI=1S/C18H21FN4O.C9H17NO/c1-21-8-10-22(11-9-21)18-7-2-15(12-20-18)13-23(14-24)17-5-3-16(19)4-6-17;1-9(2,3)8(11)10-6-4-5-7-10/h2-7,12,14H,8-11,13H2,1H3;4-7H2,1-3H3. The maximum absolute atomic E-state index is 13.0. The minimum absolute atomic E-state index is 0.190. The third kappa shape index (κ3) is 7.75. The third-order valence-corrected chi connectivity index (χ3v) is 6.31. The lowest BCUT2D eigenvalue weighted by atomic mass is 9.95. The molecule has 2 saturated heterocycles. The van der Waals surface area contributed by atoms with Crippen LogP contribution in [0.2, 0.25) is 0 Å². The molecule has 2 amide bonds. The Morgan fingerprint density at radius 3 is 2.14 bits per heavy atom. The summed E-state index contributed by atoms with van der Waals surface area (Å²) >= 11 is 0. The number of hydrogen-bond acceptors (Lipinski definition) is 5. The first-order chi connectivity index (χ1) is 16.7. The van der Waals surface area contributed by atoms with Crippen molar-refractivity contribution >= 4 is 23.8 Å². The molecule has 35 heavy (non-hydrogen) atoms. The minimum Gasteiger partial charge on any atom is -0.354 e. The highest BCUT2D eigenvalue weighted by molar-refractivity contribution is 5.81. The molecule has 0 bridgehead atoms. The van der Waals surface area contributed by atoms with Gasteiger partial charge in [0.15, 0.2) is 0 Å². The highest BCUT2D eigenvalue weighted by Crippen LogP contribution is 2.21. The molecule has 0 N–H and O–H groups in total. The fourth-order valence-electron chi connectivity index (χ4n) is 4.15. The number of pyridine rings is 1. The summed E-state index contributed by atoms with van der Waals surface area (Å²) in [5.74, 6) is 0.948. The summed E-state index contributed by atoms with van der Waals surface area (Å²) in [5, 5.41) is 0. The van der Waals surface area contributed by atoms with E-state index < -0.39 is 0 Å². The van der Waals surface area contributed by atoms with Gasteiger partial charge in [0.25, 0.3) is 0 Å². The maximum atomic E-state index is 13.0. The van der Waals surface area contributed by atoms with Gasteiger partial charge in [-0.2, -0.15) is 0 Å². The number of benzene rings is 1. The van der Waals surface area contributed by atoms with Crippen LogP contribution in [0.3, 0.4) is 0 Å². The number of amides is 2. The molecule has 190 valence electrons. The van der Waals surface area contributed by atoms with Crippen molar-refractivity contribution in [3.05, 3.63) is 54.0 Å². The van der Waals surface area contributed by atoms with Crippen molar-refractivity contribution in [2.75, 3.05) is 56.1 Å². The normalized spacial score (nSPS) is 16.5. The van der Waals surface area contributed by atoms with E-state index in [4.69, 9.17) is 0 Å². The molecule has 2 aromatic rings. The van der Waals surface area contributed by atoms with Crippen LogP contribution in [0, 0.1) is 11.2 Å². The van der Waals surface area contributed by atoms with Gasteiger partial charge in [0.05, 0.1) is 6.54 Å². The zero-order valence-corrected chi connectivity index (χ0v) is 21.4. The summed E-state index contributed by atoms with van der Waals surface area (Å²) in [6.07, 6.45) is 4.92. The lowest BCUT2D eigenvalue weighted by Crippen LogP contribution is -2.44. The first kappa shape index (κ1) is 26.6. The predicted molar refractivity (Wildman–Crippen MR) is 138 cm³/mol. The monoisotopic (exact) mass is 483 g/mol. The van der Waals surface area contributed by atoms with Crippen molar-refractivity contribution < 1.29 is 14.0 Å². The molecule has 7 nitrogen and oxygen atoms in total. The summed E-state index contributed by atoms with van der Waals surface area (Å²) in [6, 6.07) is 9.86. The van der Waals surface area contributed by atoms with Crippen molar-refractivity contribution in [3.63, 3.8) is 0 Å². The smallest absolute Gasteiger partial charge is 0.227 e. The molecule has 0 unspecified atom stereocenters. The Kier molecular flexibility index (Phi) is 9.20. The molecule has 2 fully saturated rings. The molecule has 0 aliphatic carbocycles. The van der Waals surface area contributed by atoms with Gasteiger partial charge in [0.1, 0.15) is 11.6 Å². The van der Waals surface area contributed by atoms with E-state index in [-0.39, 0.29) is 11.2 Å². The van der Waals surface area contributed by atoms with E-state index in [1.807, 2.05) is 37.8 Å². The molecule has 3 heterocycles. The fraction of sp³-hybridized carbons (Fsp3) is 0.519. The first-order valence-electron chi connectivity index (χ1n) is 12.3. The number of rotatable bonds is 5. The highest BCUT2D eigenvalue weighted by Gasteiger charge is 2.28. The lowest BCUT2D eigenvalue weighted by molar-refractivity contribution is -0.138. The average Bonchev–Trinajstić information content (AvgIpc) is 3.38. The van der Waals surface area contributed by atoms with Gasteiger partial charge in [-0.05, 0) is 55.8 Å². The van der Waals surface area contributed by atoms with Crippen LogP contribution in [-0.2, 0) is 16.1 Å². The van der Waals surface area contributed by atoms with Crippen molar-refractivity contribution in [2.24, 2.45) is 5.41 Å². The quantitative estimate of drug-likeness (QED) is 0.606. The predicted octanol–water partition coefficient (Wildman–Crippen LogP) is 3.79. The Balaban J connectivity index is 0.000000261. The van der Waals surface area contributed by atoms with E-state index in [2.05, 4.69) is 21.8 Å². The minimum atomic E-state index is -0.317. The van der Waals surface area contributed by atoms with Gasteiger partial charge in [-0.25, -0.2) is 9.37 Å². The van der Waals surface area contributed by atoms with Crippen LogP contribution in [0.5, 0.6) is 0 Å². The molecule has 0 saturated carbocycles. The van der Waals surface area contributed by atoms with Crippen LogP contribution in [0.25, 0.3) is 0 Å². The Morgan fingerprint density at radius 1 is 1.00 bits per heavy atom. The van der Waals surface area contributed by atoms with Crippen molar-refractivity contribution in [1.29, 1.82) is 0 Å². The number of piperazine rings is 1. The van der Waals surface area contributed by atoms with Gasteiger partial charge in [-0.1, -0.05) is 26.8 Å². The molecule has 8 heteroatoms. The van der Waals surface area contributed by atoms with Gasteiger partial charge in [0, 0.05) is 56.6 Å². The Morgan fingerprint density at radius 2 is 1.63 bits per heavy atom. The number of hydrogen-bond donors (Lipinski definition) is 0. The number of halogens is 1. The molecular weight excluding hydrogens is 445 g/mol.